The minimum absolute atomic E-state index is 0. The number of non-ortho nitro benzene ring substituents is 1. The maximum atomic E-state index is 10.9. The van der Waals surface area contributed by atoms with E-state index in [-0.39, 0.29) is 18.1 Å². The highest BCUT2D eigenvalue weighted by Crippen LogP contribution is 2.22. The number of halogens is 1. The van der Waals surface area contributed by atoms with Gasteiger partial charge in [-0.2, -0.15) is 4.57 Å². The van der Waals surface area contributed by atoms with Crippen LogP contribution in [0.1, 0.15) is 5.82 Å². The molecule has 0 saturated heterocycles. The third-order valence-corrected chi connectivity index (χ3v) is 2.85. The number of nitro benzene ring substituents is 1. The smallest absolute Gasteiger partial charge is 0.297 e. The summed E-state index contributed by atoms with van der Waals surface area (Å²) in [5.74, 6) is 0.695. The van der Waals surface area contributed by atoms with Crippen LogP contribution in [-0.4, -0.2) is 14.9 Å². The monoisotopic (exact) mass is 290 g/mol. The summed E-state index contributed by atoms with van der Waals surface area (Å²) in [6.45, 7) is 0.548. The number of rotatable bonds is 3. The van der Waals surface area contributed by atoms with Crippen molar-refractivity contribution < 1.29 is 21.9 Å². The number of pyridine rings is 1. The molecule has 0 aliphatic heterocycles. The molecule has 3 aromatic rings. The molecule has 1 aromatic carbocycles. The third-order valence-electron chi connectivity index (χ3n) is 2.85. The Bertz CT molecular complexity index is 742. The predicted molar refractivity (Wildman–Crippen MR) is 68.5 cm³/mol. The van der Waals surface area contributed by atoms with Crippen molar-refractivity contribution in [1.82, 2.24) is 9.97 Å². The van der Waals surface area contributed by atoms with Gasteiger partial charge < -0.3 is 17.4 Å². The first-order valence-electron chi connectivity index (χ1n) is 5.80. The van der Waals surface area contributed by atoms with Crippen molar-refractivity contribution in [3.05, 3.63) is 64.7 Å². The Kier molecular flexibility index (Phi) is 3.95. The Balaban J connectivity index is 0.00000147. The van der Waals surface area contributed by atoms with E-state index in [4.69, 9.17) is 0 Å². The number of hydrogen-bond donors (Lipinski definition) is 1. The molecule has 0 saturated carbocycles. The first kappa shape index (κ1) is 14.0. The van der Waals surface area contributed by atoms with Crippen molar-refractivity contribution in [3.8, 4) is 0 Å². The highest BCUT2D eigenvalue weighted by atomic mass is 35.5. The molecule has 7 heteroatoms. The molecular weight excluding hydrogens is 280 g/mol. The summed E-state index contributed by atoms with van der Waals surface area (Å²) < 4.78 is 1.95. The normalized spacial score (nSPS) is 10.2. The fourth-order valence-electron chi connectivity index (χ4n) is 2.00. The lowest BCUT2D eigenvalue weighted by molar-refractivity contribution is -0.689. The van der Waals surface area contributed by atoms with Crippen molar-refractivity contribution in [1.29, 1.82) is 0 Å². The molecule has 3 rings (SSSR count). The largest absolute Gasteiger partial charge is 1.00 e. The molecule has 2 heterocycles. The SMILES string of the molecule is O=[N+]([O-])c1cccc2[nH]c(C[n+]3ccccc3)nc12.[Cl-]. The molecule has 0 atom stereocenters. The summed E-state index contributed by atoms with van der Waals surface area (Å²) >= 11 is 0. The zero-order valence-electron chi connectivity index (χ0n) is 10.4. The van der Waals surface area contributed by atoms with Gasteiger partial charge >= 0.3 is 0 Å². The minimum atomic E-state index is -0.414. The van der Waals surface area contributed by atoms with Gasteiger partial charge in [-0.1, -0.05) is 12.1 Å². The average Bonchev–Trinajstić information content (AvgIpc) is 2.81. The Morgan fingerprint density at radius 3 is 2.65 bits per heavy atom. The summed E-state index contributed by atoms with van der Waals surface area (Å²) in [6, 6.07) is 10.7. The molecule has 0 aliphatic carbocycles. The Labute approximate surface area is 120 Å². The number of aromatic amines is 1. The van der Waals surface area contributed by atoms with Crippen LogP contribution in [0.15, 0.2) is 48.8 Å². The van der Waals surface area contributed by atoms with Crippen LogP contribution >= 0.6 is 0 Å². The van der Waals surface area contributed by atoms with Gasteiger partial charge in [0, 0.05) is 18.2 Å². The topological polar surface area (TPSA) is 75.7 Å². The van der Waals surface area contributed by atoms with Gasteiger partial charge in [-0.15, -0.1) is 0 Å². The molecule has 6 nitrogen and oxygen atoms in total. The van der Waals surface area contributed by atoms with Gasteiger partial charge in [0.25, 0.3) is 5.69 Å². The van der Waals surface area contributed by atoms with Crippen LogP contribution in [0.4, 0.5) is 5.69 Å². The Morgan fingerprint density at radius 2 is 1.95 bits per heavy atom. The molecule has 0 bridgehead atoms. The number of H-pyrrole nitrogens is 1. The number of benzene rings is 1. The van der Waals surface area contributed by atoms with E-state index in [1.165, 1.54) is 6.07 Å². The van der Waals surface area contributed by atoms with E-state index in [2.05, 4.69) is 9.97 Å². The summed E-state index contributed by atoms with van der Waals surface area (Å²) in [6.07, 6.45) is 3.84. The standard InChI is InChI=1S/C13H11N4O2.ClH/c18-17(19)11-6-4-5-10-13(11)15-12(14-10)9-16-7-2-1-3-8-16;/h1-8H,9H2,(H,14,15);1H/q+1;/p-1. The molecule has 102 valence electrons. The van der Waals surface area contributed by atoms with Crippen LogP contribution in [0.5, 0.6) is 0 Å². The van der Waals surface area contributed by atoms with Crippen LogP contribution in [0.3, 0.4) is 0 Å². The first-order chi connectivity index (χ1) is 9.24. The fraction of sp³-hybridized carbons (Fsp3) is 0.0769. The predicted octanol–water partition coefficient (Wildman–Crippen LogP) is -1.19. The van der Waals surface area contributed by atoms with E-state index >= 15 is 0 Å². The second-order valence-electron chi connectivity index (χ2n) is 4.16. The molecule has 0 spiro atoms. The Morgan fingerprint density at radius 1 is 1.20 bits per heavy atom. The summed E-state index contributed by atoms with van der Waals surface area (Å²) in [5.41, 5.74) is 1.11. The molecule has 20 heavy (non-hydrogen) atoms. The summed E-state index contributed by atoms with van der Waals surface area (Å²) in [5, 5.41) is 10.9. The third kappa shape index (κ3) is 2.60. The second-order valence-corrected chi connectivity index (χ2v) is 4.16. The van der Waals surface area contributed by atoms with Crippen molar-refractivity contribution in [2.75, 3.05) is 0 Å². The molecule has 2 aromatic heterocycles. The van der Waals surface area contributed by atoms with E-state index in [9.17, 15) is 10.1 Å². The van der Waals surface area contributed by atoms with E-state index in [0.29, 0.717) is 23.4 Å². The van der Waals surface area contributed by atoms with Gasteiger partial charge in [0.2, 0.25) is 6.54 Å². The quantitative estimate of drug-likeness (QED) is 0.374. The van der Waals surface area contributed by atoms with E-state index in [1.807, 2.05) is 35.2 Å². The van der Waals surface area contributed by atoms with Gasteiger partial charge in [0.15, 0.2) is 23.7 Å². The highest BCUT2D eigenvalue weighted by molar-refractivity contribution is 5.84. The number of imidazole rings is 1. The minimum Gasteiger partial charge on any atom is -1.00 e. The number of nitro groups is 1. The maximum absolute atomic E-state index is 10.9. The van der Waals surface area contributed by atoms with Gasteiger partial charge in [-0.25, -0.2) is 4.98 Å². The van der Waals surface area contributed by atoms with Gasteiger partial charge in [-0.3, -0.25) is 10.1 Å². The number of fused-ring (bicyclic) bond motifs is 1. The van der Waals surface area contributed by atoms with Gasteiger partial charge in [-0.05, 0) is 6.07 Å². The van der Waals surface area contributed by atoms with E-state index in [0.717, 1.165) is 0 Å². The molecule has 1 N–H and O–H groups in total. The molecule has 0 unspecified atom stereocenters. The zero-order chi connectivity index (χ0) is 13.2. The lowest BCUT2D eigenvalue weighted by Crippen LogP contribution is -3.00. The second kappa shape index (κ2) is 5.66. The zero-order valence-corrected chi connectivity index (χ0v) is 11.1. The van der Waals surface area contributed by atoms with Gasteiger partial charge in [0.05, 0.1) is 10.4 Å². The molecule has 0 amide bonds. The molecular formula is C13H11ClN4O2. The highest BCUT2D eigenvalue weighted by Gasteiger charge is 2.16. The van der Waals surface area contributed by atoms with Crippen molar-refractivity contribution in [2.45, 2.75) is 6.54 Å². The van der Waals surface area contributed by atoms with Crippen molar-refractivity contribution >= 4 is 16.7 Å². The molecule has 0 aliphatic rings. The number of para-hydroxylation sites is 1. The molecule has 0 fully saturated rings. The van der Waals surface area contributed by atoms with Crippen molar-refractivity contribution in [3.63, 3.8) is 0 Å². The number of hydrogen-bond acceptors (Lipinski definition) is 3. The van der Waals surface area contributed by atoms with Gasteiger partial charge in [0.1, 0.15) is 0 Å². The molecule has 0 radical (unpaired) electrons. The van der Waals surface area contributed by atoms with Crippen LogP contribution in [0, 0.1) is 10.1 Å². The fourth-order valence-corrected chi connectivity index (χ4v) is 2.00. The van der Waals surface area contributed by atoms with Crippen LogP contribution in [0.2, 0.25) is 0 Å². The van der Waals surface area contributed by atoms with Crippen LogP contribution < -0.4 is 17.0 Å². The summed E-state index contributed by atoms with van der Waals surface area (Å²) in [7, 11) is 0. The summed E-state index contributed by atoms with van der Waals surface area (Å²) in [4.78, 5) is 17.9. The maximum Gasteiger partial charge on any atom is 0.297 e. The Hall–Kier alpha value is -2.47. The lowest BCUT2D eigenvalue weighted by atomic mass is 10.3. The number of nitrogens with one attached hydrogen (secondary N) is 1. The number of aromatic nitrogens is 3. The van der Waals surface area contributed by atoms with E-state index < -0.39 is 4.92 Å². The number of nitrogens with zero attached hydrogens (tertiary/aromatic N) is 3. The van der Waals surface area contributed by atoms with Crippen LogP contribution in [0.25, 0.3) is 11.0 Å². The van der Waals surface area contributed by atoms with Crippen molar-refractivity contribution in [2.24, 2.45) is 0 Å². The average molecular weight is 291 g/mol. The van der Waals surface area contributed by atoms with E-state index in [1.54, 1.807) is 12.1 Å². The van der Waals surface area contributed by atoms with Crippen LogP contribution in [-0.2, 0) is 6.54 Å². The first-order valence-corrected chi connectivity index (χ1v) is 5.80. The lowest BCUT2D eigenvalue weighted by Gasteiger charge is -1.91.